The molecule has 0 aromatic carbocycles. The Balaban J connectivity index is 1.47. The van der Waals surface area contributed by atoms with Crippen LogP contribution in [0.5, 0.6) is 0 Å². The van der Waals surface area contributed by atoms with Gasteiger partial charge in [-0.05, 0) is 25.9 Å². The number of rotatable bonds is 1. The summed E-state index contributed by atoms with van der Waals surface area (Å²) in [5.74, 6) is 1.20. The van der Waals surface area contributed by atoms with Crippen molar-refractivity contribution in [1.82, 2.24) is 9.88 Å². The summed E-state index contributed by atoms with van der Waals surface area (Å²) in [5.41, 5.74) is -0.144. The van der Waals surface area contributed by atoms with Gasteiger partial charge in [0.05, 0.1) is 16.6 Å². The van der Waals surface area contributed by atoms with E-state index < -0.39 is 0 Å². The van der Waals surface area contributed by atoms with Crippen molar-refractivity contribution in [2.75, 3.05) is 31.5 Å². The van der Waals surface area contributed by atoms with Crippen LogP contribution in [0.4, 0.5) is 5.82 Å². The minimum atomic E-state index is -0.144. The summed E-state index contributed by atoms with van der Waals surface area (Å²) >= 11 is 11.9. The molecule has 1 aromatic rings. The van der Waals surface area contributed by atoms with E-state index >= 15 is 0 Å². The predicted molar refractivity (Wildman–Crippen MR) is 83.2 cm³/mol. The van der Waals surface area contributed by atoms with Crippen molar-refractivity contribution in [2.24, 2.45) is 10.9 Å². The van der Waals surface area contributed by atoms with Crippen LogP contribution >= 0.6 is 23.2 Å². The fourth-order valence-corrected chi connectivity index (χ4v) is 3.79. The topological polar surface area (TPSA) is 49.8 Å². The third kappa shape index (κ3) is 2.37. The molecule has 7 heteroatoms. The maximum atomic E-state index is 6.18. The number of aliphatic imine (C=N–C) groups is 1. The largest absolute Gasteiger partial charge is 0.455 e. The van der Waals surface area contributed by atoms with Crippen molar-refractivity contribution < 1.29 is 4.74 Å². The molecule has 1 N–H and O–H groups in total. The zero-order chi connectivity index (χ0) is 14.4. The van der Waals surface area contributed by atoms with Crippen molar-refractivity contribution in [1.29, 1.82) is 0 Å². The first-order valence-corrected chi connectivity index (χ1v) is 7.94. The molecule has 21 heavy (non-hydrogen) atoms. The Morgan fingerprint density at radius 1 is 1.29 bits per heavy atom. The monoisotopic (exact) mass is 326 g/mol. The average molecular weight is 327 g/mol. The number of fused-ring (bicyclic) bond motifs is 2. The SMILES string of the molecule is Clc1cnc(NC2=NCC3(CN4CCC3CC4)O2)cc1Cl. The molecule has 1 unspecified atom stereocenters. The zero-order valence-electron chi connectivity index (χ0n) is 11.5. The third-order valence-corrected chi connectivity index (χ3v) is 5.37. The number of amidine groups is 1. The van der Waals surface area contributed by atoms with Gasteiger partial charge < -0.3 is 4.74 Å². The lowest BCUT2D eigenvalue weighted by molar-refractivity contribution is -0.0829. The van der Waals surface area contributed by atoms with Crippen molar-refractivity contribution in [3.63, 3.8) is 0 Å². The van der Waals surface area contributed by atoms with E-state index in [1.54, 1.807) is 6.07 Å². The first-order chi connectivity index (χ1) is 10.1. The van der Waals surface area contributed by atoms with Gasteiger partial charge in [0.25, 0.3) is 6.02 Å². The van der Waals surface area contributed by atoms with Gasteiger partial charge in [-0.1, -0.05) is 23.2 Å². The van der Waals surface area contributed by atoms with Crippen molar-refractivity contribution in [2.45, 2.75) is 18.4 Å². The molecule has 3 fully saturated rings. The molecule has 1 atom stereocenters. The van der Waals surface area contributed by atoms with Gasteiger partial charge >= 0.3 is 0 Å². The quantitative estimate of drug-likeness (QED) is 0.862. The fraction of sp³-hybridized carbons (Fsp3) is 0.571. The van der Waals surface area contributed by atoms with Gasteiger partial charge in [-0.15, -0.1) is 0 Å². The number of hydrogen-bond donors (Lipinski definition) is 1. The van der Waals surface area contributed by atoms with Crippen LogP contribution in [0, 0.1) is 5.92 Å². The van der Waals surface area contributed by atoms with Crippen LogP contribution in [-0.4, -0.2) is 47.7 Å². The molecule has 3 saturated heterocycles. The van der Waals surface area contributed by atoms with E-state index in [1.807, 2.05) is 0 Å². The van der Waals surface area contributed by atoms with E-state index in [-0.39, 0.29) is 5.60 Å². The summed E-state index contributed by atoms with van der Waals surface area (Å²) in [4.78, 5) is 11.2. The molecule has 4 aliphatic heterocycles. The van der Waals surface area contributed by atoms with E-state index in [9.17, 15) is 0 Å². The summed E-state index contributed by atoms with van der Waals surface area (Å²) in [6, 6.07) is 2.21. The van der Waals surface area contributed by atoms with Gasteiger partial charge in [-0.25, -0.2) is 9.98 Å². The number of pyridine rings is 1. The van der Waals surface area contributed by atoms with Crippen LogP contribution in [0.2, 0.25) is 10.0 Å². The number of nitrogens with zero attached hydrogens (tertiary/aromatic N) is 3. The summed E-state index contributed by atoms with van der Waals surface area (Å²) in [6.07, 6.45) is 3.92. The standard InChI is InChI=1S/C14H16Cl2N4O/c15-10-5-12(17-6-11(10)16)19-13-18-7-14(21-13)8-20-3-1-9(14)2-4-20/h5-6,9H,1-4,7-8H2,(H,17,18,19). The lowest BCUT2D eigenvalue weighted by Crippen LogP contribution is -2.61. The first kappa shape index (κ1) is 13.6. The minimum Gasteiger partial charge on any atom is -0.455 e. The molecular weight excluding hydrogens is 311 g/mol. The second kappa shape index (κ2) is 5.00. The van der Waals surface area contributed by atoms with Gasteiger partial charge in [0.1, 0.15) is 11.4 Å². The fourth-order valence-electron chi connectivity index (χ4n) is 3.54. The molecule has 5 rings (SSSR count). The molecule has 112 valence electrons. The van der Waals surface area contributed by atoms with Crippen LogP contribution in [0.15, 0.2) is 17.3 Å². The Morgan fingerprint density at radius 2 is 2.10 bits per heavy atom. The van der Waals surface area contributed by atoms with E-state index in [1.165, 1.54) is 32.1 Å². The molecule has 0 radical (unpaired) electrons. The van der Waals surface area contributed by atoms with Crippen LogP contribution < -0.4 is 5.32 Å². The molecular formula is C14H16Cl2N4O. The zero-order valence-corrected chi connectivity index (χ0v) is 13.0. The van der Waals surface area contributed by atoms with Gasteiger partial charge in [-0.2, -0.15) is 0 Å². The van der Waals surface area contributed by atoms with E-state index in [0.717, 1.165) is 13.1 Å². The van der Waals surface area contributed by atoms with Crippen molar-refractivity contribution >= 4 is 35.0 Å². The Kier molecular flexibility index (Phi) is 3.24. The van der Waals surface area contributed by atoms with Crippen LogP contribution in [-0.2, 0) is 4.74 Å². The van der Waals surface area contributed by atoms with E-state index in [4.69, 9.17) is 27.9 Å². The highest BCUT2D eigenvalue weighted by atomic mass is 35.5. The molecule has 4 aliphatic rings. The number of piperidine rings is 3. The van der Waals surface area contributed by atoms with E-state index in [0.29, 0.717) is 27.8 Å². The highest BCUT2D eigenvalue weighted by molar-refractivity contribution is 6.42. The molecule has 0 saturated carbocycles. The number of hydrogen-bond acceptors (Lipinski definition) is 5. The Bertz CT molecular complexity index is 601. The maximum Gasteiger partial charge on any atom is 0.291 e. The number of halogens is 2. The van der Waals surface area contributed by atoms with Gasteiger partial charge in [0.15, 0.2) is 0 Å². The summed E-state index contributed by atoms with van der Waals surface area (Å²) < 4.78 is 6.18. The third-order valence-electron chi connectivity index (χ3n) is 4.66. The van der Waals surface area contributed by atoms with Gasteiger partial charge in [0.2, 0.25) is 0 Å². The van der Waals surface area contributed by atoms with E-state index in [2.05, 4.69) is 20.2 Å². The predicted octanol–water partition coefficient (Wildman–Crippen LogP) is 2.65. The summed E-state index contributed by atoms with van der Waals surface area (Å²) in [6.45, 7) is 4.07. The van der Waals surface area contributed by atoms with Gasteiger partial charge in [-0.3, -0.25) is 10.2 Å². The Hall–Kier alpha value is -1.04. The number of anilines is 1. The lowest BCUT2D eigenvalue weighted by atomic mass is 9.75. The summed E-state index contributed by atoms with van der Waals surface area (Å²) in [5, 5.41) is 3.99. The molecule has 1 spiro atoms. The summed E-state index contributed by atoms with van der Waals surface area (Å²) in [7, 11) is 0. The number of aromatic nitrogens is 1. The second-order valence-electron chi connectivity index (χ2n) is 5.95. The number of ether oxygens (including phenoxy) is 1. The van der Waals surface area contributed by atoms with Crippen LogP contribution in [0.3, 0.4) is 0 Å². The van der Waals surface area contributed by atoms with Gasteiger partial charge in [0, 0.05) is 24.7 Å². The minimum absolute atomic E-state index is 0.144. The number of nitrogens with one attached hydrogen (secondary N) is 1. The smallest absolute Gasteiger partial charge is 0.291 e. The molecule has 0 aliphatic carbocycles. The first-order valence-electron chi connectivity index (χ1n) is 7.18. The van der Waals surface area contributed by atoms with Crippen molar-refractivity contribution in [3.05, 3.63) is 22.3 Å². The highest BCUT2D eigenvalue weighted by Crippen LogP contribution is 2.40. The van der Waals surface area contributed by atoms with Crippen molar-refractivity contribution in [3.8, 4) is 0 Å². The Morgan fingerprint density at radius 3 is 2.76 bits per heavy atom. The lowest BCUT2D eigenvalue weighted by Gasteiger charge is -2.50. The molecule has 0 amide bonds. The maximum absolute atomic E-state index is 6.18. The molecule has 2 bridgehead atoms. The highest BCUT2D eigenvalue weighted by Gasteiger charge is 2.51. The van der Waals surface area contributed by atoms with Crippen LogP contribution in [0.1, 0.15) is 12.8 Å². The van der Waals surface area contributed by atoms with Crippen LogP contribution in [0.25, 0.3) is 0 Å². The molecule has 5 nitrogen and oxygen atoms in total. The average Bonchev–Trinajstić information content (AvgIpc) is 2.87. The Labute approximate surface area is 133 Å². The second-order valence-corrected chi connectivity index (χ2v) is 6.76. The molecule has 1 aromatic heterocycles. The molecule has 5 heterocycles. The normalized spacial score (nSPS) is 33.9.